The molecule has 2 aliphatic rings. The molecule has 6 nitrogen and oxygen atoms in total. The third-order valence-electron chi connectivity index (χ3n) is 7.69. The quantitative estimate of drug-likeness (QED) is 0.352. The Balaban J connectivity index is 1.68. The predicted octanol–water partition coefficient (Wildman–Crippen LogP) is 5.62. The molecule has 7 heteroatoms. The first-order valence-corrected chi connectivity index (χ1v) is 14.5. The van der Waals surface area contributed by atoms with Crippen molar-refractivity contribution in [2.45, 2.75) is 45.2 Å². The summed E-state index contributed by atoms with van der Waals surface area (Å²) in [7, 11) is 0. The zero-order valence-corrected chi connectivity index (χ0v) is 24.0. The van der Waals surface area contributed by atoms with Gasteiger partial charge in [-0.05, 0) is 48.7 Å². The van der Waals surface area contributed by atoms with Gasteiger partial charge in [0.25, 0.3) is 11.5 Å². The third-order valence-corrected chi connectivity index (χ3v) is 8.22. The molecule has 1 aliphatic heterocycles. The molecule has 202 valence electrons. The number of aromatic nitrogens is 2. The zero-order valence-electron chi connectivity index (χ0n) is 22.5. The fraction of sp³-hybridized carbons (Fsp3) is 0.344. The van der Waals surface area contributed by atoms with Gasteiger partial charge in [-0.3, -0.25) is 14.2 Å². The second-order valence-electron chi connectivity index (χ2n) is 10.7. The zero-order chi connectivity index (χ0) is 27.5. The molecular formula is C32H35BrN4O2. The molecule has 0 saturated heterocycles. The fourth-order valence-electron chi connectivity index (χ4n) is 5.80. The van der Waals surface area contributed by atoms with Gasteiger partial charge in [0.2, 0.25) is 0 Å². The molecule has 1 amide bonds. The highest BCUT2D eigenvalue weighted by atomic mass is 79.9. The molecule has 1 aromatic heterocycles. The number of hydrogen-bond acceptors (Lipinski definition) is 4. The molecule has 3 aromatic rings. The van der Waals surface area contributed by atoms with Gasteiger partial charge >= 0.3 is 0 Å². The van der Waals surface area contributed by atoms with E-state index in [1.807, 2.05) is 76.2 Å². The van der Waals surface area contributed by atoms with Crippen LogP contribution in [-0.2, 0) is 13.0 Å². The highest BCUT2D eigenvalue weighted by molar-refractivity contribution is 9.10. The van der Waals surface area contributed by atoms with E-state index in [1.165, 1.54) is 0 Å². The lowest BCUT2D eigenvalue weighted by Gasteiger charge is -2.35. The van der Waals surface area contributed by atoms with Crippen LogP contribution in [0.1, 0.15) is 65.2 Å². The summed E-state index contributed by atoms with van der Waals surface area (Å²) in [5.41, 5.74) is 8.94. The van der Waals surface area contributed by atoms with Crippen LogP contribution in [0.3, 0.4) is 0 Å². The molecule has 0 spiro atoms. The predicted molar refractivity (Wildman–Crippen MR) is 159 cm³/mol. The molecule has 0 fully saturated rings. The first-order chi connectivity index (χ1) is 18.9. The highest BCUT2D eigenvalue weighted by Gasteiger charge is 2.38. The topological polar surface area (TPSA) is 81.2 Å². The van der Waals surface area contributed by atoms with E-state index in [0.29, 0.717) is 49.3 Å². The summed E-state index contributed by atoms with van der Waals surface area (Å²) in [6, 6.07) is 17.1. The Bertz CT molecular complexity index is 1440. The maximum absolute atomic E-state index is 14.2. The molecule has 2 N–H and O–H groups in total. The van der Waals surface area contributed by atoms with Crippen molar-refractivity contribution in [3.8, 4) is 0 Å². The second-order valence-corrected chi connectivity index (χ2v) is 11.6. The van der Waals surface area contributed by atoms with Gasteiger partial charge in [0.05, 0.1) is 11.7 Å². The minimum atomic E-state index is -0.382. The summed E-state index contributed by atoms with van der Waals surface area (Å²) in [5.74, 6) is 0.995. The number of halogens is 1. The number of benzene rings is 2. The molecule has 2 heterocycles. The Kier molecular flexibility index (Phi) is 8.29. The molecule has 5 rings (SSSR count). The van der Waals surface area contributed by atoms with Crippen LogP contribution in [0.25, 0.3) is 0 Å². The number of nitrogens with zero attached hydrogens (tertiary/aromatic N) is 3. The van der Waals surface area contributed by atoms with Crippen molar-refractivity contribution in [3.05, 3.63) is 122 Å². The maximum Gasteiger partial charge on any atom is 0.257 e. The van der Waals surface area contributed by atoms with E-state index >= 15 is 0 Å². The standard InChI is InChI=1S/C32H35BrN4O2/c1-21(2)29(36(18-8-17-34)31(38)23-13-15-25(33)16-14-23)28-27(19-22-9-4-3-5-10-22)32(39)37-20-24-11-6-7-12-26(24)30(37)35-28/h3-7,9-16,21,24,26,29H,8,17-20,34H2,1-2H3. The lowest BCUT2D eigenvalue weighted by atomic mass is 9.90. The van der Waals surface area contributed by atoms with Crippen molar-refractivity contribution in [2.75, 3.05) is 13.1 Å². The number of fused-ring (bicyclic) bond motifs is 3. The Morgan fingerprint density at radius 2 is 1.82 bits per heavy atom. The minimum Gasteiger partial charge on any atom is -0.330 e. The van der Waals surface area contributed by atoms with Crippen LogP contribution in [0.15, 0.2) is 88.2 Å². The fourth-order valence-corrected chi connectivity index (χ4v) is 6.06. The first-order valence-electron chi connectivity index (χ1n) is 13.7. The van der Waals surface area contributed by atoms with Crippen molar-refractivity contribution in [3.63, 3.8) is 0 Å². The van der Waals surface area contributed by atoms with Crippen LogP contribution >= 0.6 is 15.9 Å². The number of nitrogens with two attached hydrogens (primary N) is 1. The third kappa shape index (κ3) is 5.56. The van der Waals surface area contributed by atoms with Gasteiger partial charge in [-0.15, -0.1) is 0 Å². The Labute approximate surface area is 238 Å². The van der Waals surface area contributed by atoms with E-state index in [4.69, 9.17) is 10.7 Å². The number of allylic oxidation sites excluding steroid dienone is 4. The average molecular weight is 588 g/mol. The monoisotopic (exact) mass is 586 g/mol. The van der Waals surface area contributed by atoms with E-state index in [1.54, 1.807) is 0 Å². The molecule has 0 bridgehead atoms. The van der Waals surface area contributed by atoms with E-state index < -0.39 is 0 Å². The molecule has 1 aliphatic carbocycles. The lowest BCUT2D eigenvalue weighted by Crippen LogP contribution is -2.41. The summed E-state index contributed by atoms with van der Waals surface area (Å²) in [5, 5.41) is 0. The van der Waals surface area contributed by atoms with Crippen molar-refractivity contribution in [1.29, 1.82) is 0 Å². The van der Waals surface area contributed by atoms with Gasteiger partial charge in [0.15, 0.2) is 0 Å². The van der Waals surface area contributed by atoms with Gasteiger partial charge < -0.3 is 10.6 Å². The molecular weight excluding hydrogens is 552 g/mol. The van der Waals surface area contributed by atoms with Gasteiger partial charge in [0, 0.05) is 46.9 Å². The van der Waals surface area contributed by atoms with Crippen LogP contribution < -0.4 is 11.3 Å². The molecule has 3 atom stereocenters. The molecule has 0 saturated carbocycles. The smallest absolute Gasteiger partial charge is 0.257 e. The van der Waals surface area contributed by atoms with Gasteiger partial charge in [-0.1, -0.05) is 84.4 Å². The number of amides is 1. The van der Waals surface area contributed by atoms with Crippen molar-refractivity contribution in [1.82, 2.24) is 14.5 Å². The Hall–Kier alpha value is -3.29. The van der Waals surface area contributed by atoms with Gasteiger partial charge in [-0.25, -0.2) is 4.98 Å². The first kappa shape index (κ1) is 27.3. The maximum atomic E-state index is 14.2. The molecule has 39 heavy (non-hydrogen) atoms. The minimum absolute atomic E-state index is 0.00410. The van der Waals surface area contributed by atoms with E-state index in [2.05, 4.69) is 41.9 Å². The van der Waals surface area contributed by atoms with E-state index in [0.717, 1.165) is 15.9 Å². The van der Waals surface area contributed by atoms with E-state index in [9.17, 15) is 9.59 Å². The molecule has 0 radical (unpaired) electrons. The summed E-state index contributed by atoms with van der Waals surface area (Å²) < 4.78 is 2.77. The average Bonchev–Trinajstić information content (AvgIpc) is 3.32. The summed E-state index contributed by atoms with van der Waals surface area (Å²) in [6.45, 7) is 5.76. The second kappa shape index (κ2) is 11.8. The Morgan fingerprint density at radius 1 is 1.10 bits per heavy atom. The van der Waals surface area contributed by atoms with E-state index in [-0.39, 0.29) is 35.3 Å². The number of carbonyl (C=O) groups is 1. The summed E-state index contributed by atoms with van der Waals surface area (Å²) in [6.07, 6.45) is 9.50. The summed E-state index contributed by atoms with van der Waals surface area (Å²) >= 11 is 3.47. The van der Waals surface area contributed by atoms with Gasteiger partial charge in [0.1, 0.15) is 5.82 Å². The normalized spacial score (nSPS) is 18.2. The highest BCUT2D eigenvalue weighted by Crippen LogP contribution is 2.38. The summed E-state index contributed by atoms with van der Waals surface area (Å²) in [4.78, 5) is 35.4. The van der Waals surface area contributed by atoms with Crippen LogP contribution in [0.2, 0.25) is 0 Å². The number of carbonyl (C=O) groups excluding carboxylic acids is 1. The van der Waals surface area contributed by atoms with Crippen LogP contribution in [0.5, 0.6) is 0 Å². The van der Waals surface area contributed by atoms with Crippen molar-refractivity contribution >= 4 is 21.8 Å². The SMILES string of the molecule is CC(C)C(c1nc2n(c(=O)c1Cc1ccccc1)CC1C=CC=CC21)N(CCCN)C(=O)c1ccc(Br)cc1. The Morgan fingerprint density at radius 3 is 2.51 bits per heavy atom. The van der Waals surface area contributed by atoms with Crippen molar-refractivity contribution < 1.29 is 4.79 Å². The largest absolute Gasteiger partial charge is 0.330 e. The number of hydrogen-bond donors (Lipinski definition) is 1. The van der Waals surface area contributed by atoms with Crippen molar-refractivity contribution in [2.24, 2.45) is 17.6 Å². The number of rotatable bonds is 9. The van der Waals surface area contributed by atoms with Gasteiger partial charge in [-0.2, -0.15) is 0 Å². The van der Waals surface area contributed by atoms with Crippen LogP contribution in [0, 0.1) is 11.8 Å². The lowest BCUT2D eigenvalue weighted by molar-refractivity contribution is 0.0613. The van der Waals surface area contributed by atoms with Crippen LogP contribution in [0.4, 0.5) is 0 Å². The molecule has 3 unspecified atom stereocenters. The van der Waals surface area contributed by atoms with Crippen LogP contribution in [-0.4, -0.2) is 33.4 Å². The molecule has 2 aromatic carbocycles.